The van der Waals surface area contributed by atoms with Crippen molar-refractivity contribution in [2.75, 3.05) is 11.5 Å². The Bertz CT molecular complexity index is 605. The quantitative estimate of drug-likeness (QED) is 0.758. The van der Waals surface area contributed by atoms with Crippen LogP contribution in [0.3, 0.4) is 0 Å². The lowest BCUT2D eigenvalue weighted by molar-refractivity contribution is 0.460. The van der Waals surface area contributed by atoms with E-state index in [1.54, 1.807) is 6.92 Å². The van der Waals surface area contributed by atoms with Crippen LogP contribution in [-0.2, 0) is 19.9 Å². The highest BCUT2D eigenvalue weighted by atomic mass is 32.2. The van der Waals surface area contributed by atoms with Gasteiger partial charge in [-0.05, 0) is 13.3 Å². The third-order valence-electron chi connectivity index (χ3n) is 2.65. The highest BCUT2D eigenvalue weighted by Gasteiger charge is 2.41. The van der Waals surface area contributed by atoms with Crippen LogP contribution in [0, 0.1) is 0 Å². The third kappa shape index (κ3) is 2.67. The molecule has 17 heavy (non-hydrogen) atoms. The molecule has 7 nitrogen and oxygen atoms in total. The van der Waals surface area contributed by atoms with Gasteiger partial charge in [0.25, 0.3) is 10.0 Å². The molecule has 0 aliphatic carbocycles. The summed E-state index contributed by atoms with van der Waals surface area (Å²) in [7, 11) is -6.89. The molecule has 2 N–H and O–H groups in total. The van der Waals surface area contributed by atoms with E-state index in [2.05, 4.69) is 14.7 Å². The normalized spacial score (nSPS) is 28.3. The van der Waals surface area contributed by atoms with Crippen LogP contribution in [0.4, 0.5) is 0 Å². The molecule has 2 rings (SSSR count). The van der Waals surface area contributed by atoms with Crippen molar-refractivity contribution in [1.29, 1.82) is 0 Å². The lowest BCUT2D eigenvalue weighted by atomic mass is 10.0. The SMILES string of the molecule is CC1(NS(=O)(=O)c2cnc[nH]2)CCS(=O)(=O)C1. The Hall–Kier alpha value is -0.930. The molecule has 1 saturated heterocycles. The second-order valence-corrected chi connectivity index (χ2v) is 8.26. The van der Waals surface area contributed by atoms with Crippen molar-refractivity contribution in [3.05, 3.63) is 12.5 Å². The summed E-state index contributed by atoms with van der Waals surface area (Å²) < 4.78 is 48.9. The fraction of sp³-hybridized carbons (Fsp3) is 0.625. The van der Waals surface area contributed by atoms with E-state index in [0.717, 1.165) is 0 Å². The Kier molecular flexibility index (Phi) is 2.79. The van der Waals surface area contributed by atoms with Crippen molar-refractivity contribution in [3.8, 4) is 0 Å². The zero-order valence-electron chi connectivity index (χ0n) is 9.17. The van der Waals surface area contributed by atoms with Crippen molar-refractivity contribution in [2.24, 2.45) is 0 Å². The van der Waals surface area contributed by atoms with Crippen LogP contribution in [0.25, 0.3) is 0 Å². The summed E-state index contributed by atoms with van der Waals surface area (Å²) in [4.78, 5) is 6.10. The highest BCUT2D eigenvalue weighted by molar-refractivity contribution is 7.92. The lowest BCUT2D eigenvalue weighted by Gasteiger charge is -2.22. The molecule has 96 valence electrons. The van der Waals surface area contributed by atoms with E-state index >= 15 is 0 Å². The van der Waals surface area contributed by atoms with Gasteiger partial charge in [0.15, 0.2) is 14.9 Å². The lowest BCUT2D eigenvalue weighted by Crippen LogP contribution is -2.46. The number of rotatable bonds is 3. The van der Waals surface area contributed by atoms with Gasteiger partial charge in [-0.3, -0.25) is 0 Å². The molecule has 2 heterocycles. The molecule has 0 saturated carbocycles. The molecule has 1 aliphatic rings. The average Bonchev–Trinajstić information content (AvgIpc) is 2.72. The summed E-state index contributed by atoms with van der Waals surface area (Å²) in [5.74, 6) is -0.164. The van der Waals surface area contributed by atoms with Crippen molar-refractivity contribution in [2.45, 2.75) is 23.9 Å². The number of imidazole rings is 1. The fourth-order valence-corrected chi connectivity index (χ4v) is 5.39. The molecular weight excluding hydrogens is 266 g/mol. The van der Waals surface area contributed by atoms with Gasteiger partial charge in [-0.25, -0.2) is 26.5 Å². The van der Waals surface area contributed by atoms with E-state index in [0.29, 0.717) is 0 Å². The Balaban J connectivity index is 2.23. The number of aromatic amines is 1. The second kappa shape index (κ2) is 3.79. The van der Waals surface area contributed by atoms with Gasteiger partial charge in [-0.1, -0.05) is 0 Å². The van der Waals surface area contributed by atoms with Crippen LogP contribution in [0.5, 0.6) is 0 Å². The van der Waals surface area contributed by atoms with Crippen LogP contribution >= 0.6 is 0 Å². The maximum atomic E-state index is 11.9. The van der Waals surface area contributed by atoms with Gasteiger partial charge >= 0.3 is 0 Å². The topological polar surface area (TPSA) is 109 Å². The summed E-state index contributed by atoms with van der Waals surface area (Å²) in [5.41, 5.74) is -0.942. The Labute approximate surface area is 99.6 Å². The zero-order chi connectivity index (χ0) is 12.7. The van der Waals surface area contributed by atoms with Gasteiger partial charge in [0, 0.05) is 5.54 Å². The molecule has 0 aromatic carbocycles. The van der Waals surface area contributed by atoms with Crippen LogP contribution < -0.4 is 4.72 Å². The minimum Gasteiger partial charge on any atom is -0.335 e. The van der Waals surface area contributed by atoms with E-state index < -0.39 is 25.4 Å². The first-order chi connectivity index (χ1) is 7.73. The molecule has 1 fully saturated rings. The summed E-state index contributed by atoms with van der Waals surface area (Å²) >= 11 is 0. The standard InChI is InChI=1S/C8H13N3O4S2/c1-8(2-3-16(12,13)5-8)11-17(14,15)7-4-9-6-10-7/h4,6,11H,2-3,5H2,1H3,(H,9,10). The van der Waals surface area contributed by atoms with Gasteiger partial charge in [0.1, 0.15) is 0 Å². The summed E-state index contributed by atoms with van der Waals surface area (Å²) in [5, 5.41) is -0.0666. The second-order valence-electron chi connectivity index (χ2n) is 4.42. The van der Waals surface area contributed by atoms with Gasteiger partial charge in [-0.15, -0.1) is 0 Å². The summed E-state index contributed by atoms with van der Waals surface area (Å²) in [6, 6.07) is 0. The number of sulfone groups is 1. The molecule has 0 amide bonds. The molecule has 1 aromatic heterocycles. The molecular formula is C8H13N3O4S2. The number of hydrogen-bond acceptors (Lipinski definition) is 5. The molecule has 1 unspecified atom stereocenters. The number of sulfonamides is 1. The van der Waals surface area contributed by atoms with Gasteiger partial charge in [0.05, 0.1) is 24.0 Å². The van der Waals surface area contributed by atoms with E-state index in [4.69, 9.17) is 0 Å². The van der Waals surface area contributed by atoms with E-state index in [-0.39, 0.29) is 23.0 Å². The first-order valence-electron chi connectivity index (χ1n) is 4.95. The van der Waals surface area contributed by atoms with Crippen LogP contribution in [0.15, 0.2) is 17.6 Å². The molecule has 0 radical (unpaired) electrons. The van der Waals surface area contributed by atoms with Crippen molar-refractivity contribution in [1.82, 2.24) is 14.7 Å². The van der Waals surface area contributed by atoms with E-state index in [9.17, 15) is 16.8 Å². The minimum absolute atomic E-state index is 0.00892. The molecule has 9 heteroatoms. The molecule has 0 spiro atoms. The zero-order valence-corrected chi connectivity index (χ0v) is 10.8. The monoisotopic (exact) mass is 279 g/mol. The van der Waals surface area contributed by atoms with Gasteiger partial charge in [0.2, 0.25) is 0 Å². The number of nitrogens with one attached hydrogen (secondary N) is 2. The van der Waals surface area contributed by atoms with E-state index in [1.807, 2.05) is 0 Å². The predicted molar refractivity (Wildman–Crippen MR) is 60.6 cm³/mol. The first-order valence-corrected chi connectivity index (χ1v) is 8.26. The van der Waals surface area contributed by atoms with Gasteiger partial charge < -0.3 is 4.98 Å². The average molecular weight is 279 g/mol. The Morgan fingerprint density at radius 3 is 2.71 bits per heavy atom. The maximum Gasteiger partial charge on any atom is 0.258 e. The number of H-pyrrole nitrogens is 1. The van der Waals surface area contributed by atoms with Gasteiger partial charge in [-0.2, -0.15) is 0 Å². The number of aromatic nitrogens is 2. The van der Waals surface area contributed by atoms with Crippen molar-refractivity contribution >= 4 is 19.9 Å². The van der Waals surface area contributed by atoms with Crippen LogP contribution in [0.1, 0.15) is 13.3 Å². The maximum absolute atomic E-state index is 11.9. The molecule has 0 bridgehead atoms. The van der Waals surface area contributed by atoms with Crippen molar-refractivity contribution < 1.29 is 16.8 Å². The summed E-state index contributed by atoms with van der Waals surface area (Å²) in [6.07, 6.45) is 2.71. The number of nitrogens with zero attached hydrogens (tertiary/aromatic N) is 1. The molecule has 1 aliphatic heterocycles. The fourth-order valence-electron chi connectivity index (χ4n) is 1.86. The third-order valence-corrected chi connectivity index (χ3v) is 6.11. The molecule has 1 atom stereocenters. The smallest absolute Gasteiger partial charge is 0.258 e. The number of hydrogen-bond donors (Lipinski definition) is 2. The first kappa shape index (κ1) is 12.5. The van der Waals surface area contributed by atoms with Crippen molar-refractivity contribution in [3.63, 3.8) is 0 Å². The predicted octanol–water partition coefficient (Wildman–Crippen LogP) is -0.735. The highest BCUT2D eigenvalue weighted by Crippen LogP contribution is 2.24. The molecule has 1 aromatic rings. The van der Waals surface area contributed by atoms with Crippen LogP contribution in [-0.4, -0.2) is 43.8 Å². The Morgan fingerprint density at radius 1 is 1.53 bits per heavy atom. The minimum atomic E-state index is -3.74. The summed E-state index contributed by atoms with van der Waals surface area (Å²) in [6.45, 7) is 1.59. The van der Waals surface area contributed by atoms with E-state index in [1.165, 1.54) is 12.5 Å². The Morgan fingerprint density at radius 2 is 2.24 bits per heavy atom. The van der Waals surface area contributed by atoms with Crippen LogP contribution in [0.2, 0.25) is 0 Å². The largest absolute Gasteiger partial charge is 0.335 e.